The van der Waals surface area contributed by atoms with Crippen molar-refractivity contribution in [1.29, 1.82) is 5.41 Å². The van der Waals surface area contributed by atoms with E-state index in [2.05, 4.69) is 15.9 Å². The van der Waals surface area contributed by atoms with Crippen molar-refractivity contribution in [2.45, 2.75) is 38.8 Å². The first kappa shape index (κ1) is 30.4. The molecule has 1 heterocycles. The van der Waals surface area contributed by atoms with E-state index in [4.69, 9.17) is 19.6 Å². The van der Waals surface area contributed by atoms with Gasteiger partial charge in [-0.15, -0.1) is 0 Å². The quantitative estimate of drug-likeness (QED) is 0.245. The van der Waals surface area contributed by atoms with Crippen LogP contribution < -0.4 is 4.90 Å². The van der Waals surface area contributed by atoms with E-state index in [-0.39, 0.29) is 42.6 Å². The Balaban J connectivity index is 2.24. The van der Waals surface area contributed by atoms with Crippen molar-refractivity contribution in [3.05, 3.63) is 75.4 Å². The number of amidine groups is 1. The first-order chi connectivity index (χ1) is 18.5. The maximum Gasteiger partial charge on any atom is 0.416 e. The number of esters is 2. The molecular formula is C28H30BrF3N2O5. The number of rotatable bonds is 10. The molecule has 210 valence electrons. The molecule has 1 aliphatic heterocycles. The second kappa shape index (κ2) is 13.3. The Morgan fingerprint density at radius 3 is 2.36 bits per heavy atom. The fourth-order valence-electron chi connectivity index (χ4n) is 4.40. The van der Waals surface area contributed by atoms with Crippen LogP contribution in [0.3, 0.4) is 0 Å². The van der Waals surface area contributed by atoms with Crippen molar-refractivity contribution in [2.24, 2.45) is 5.92 Å². The van der Waals surface area contributed by atoms with Crippen LogP contribution in [-0.2, 0) is 30.0 Å². The first-order valence-corrected chi connectivity index (χ1v) is 13.1. The number of ether oxygens (including phenoxy) is 3. The minimum atomic E-state index is -4.63. The molecule has 0 saturated heterocycles. The maximum atomic E-state index is 13.6. The van der Waals surface area contributed by atoms with Crippen LogP contribution in [0, 0.1) is 11.3 Å². The largest absolute Gasteiger partial charge is 0.465 e. The van der Waals surface area contributed by atoms with Gasteiger partial charge in [0.15, 0.2) is 0 Å². The lowest BCUT2D eigenvalue weighted by molar-refractivity contribution is -0.147. The molecule has 39 heavy (non-hydrogen) atoms. The minimum Gasteiger partial charge on any atom is -0.465 e. The summed E-state index contributed by atoms with van der Waals surface area (Å²) in [7, 11) is 1.45. The van der Waals surface area contributed by atoms with Gasteiger partial charge in [-0.2, -0.15) is 13.2 Å². The Hall–Kier alpha value is -3.18. The number of hydrogen-bond acceptors (Lipinski definition) is 6. The second-order valence-corrected chi connectivity index (χ2v) is 9.84. The summed E-state index contributed by atoms with van der Waals surface area (Å²) in [6.45, 7) is 3.59. The summed E-state index contributed by atoms with van der Waals surface area (Å²) in [6.07, 6.45) is -3.28. The van der Waals surface area contributed by atoms with Gasteiger partial charge in [0.2, 0.25) is 0 Å². The molecule has 0 aliphatic carbocycles. The van der Waals surface area contributed by atoms with Crippen LogP contribution in [0.5, 0.6) is 0 Å². The molecule has 0 aromatic heterocycles. The number of benzene rings is 2. The molecule has 7 nitrogen and oxygen atoms in total. The number of nitrogens with one attached hydrogen (secondary N) is 1. The van der Waals surface area contributed by atoms with Gasteiger partial charge < -0.3 is 19.1 Å². The summed E-state index contributed by atoms with van der Waals surface area (Å²) in [5, 5.41) is 9.06. The number of methoxy groups -OCH3 is 1. The van der Waals surface area contributed by atoms with Crippen LogP contribution in [0.4, 0.5) is 18.9 Å². The summed E-state index contributed by atoms with van der Waals surface area (Å²) < 4.78 is 57.3. The minimum absolute atomic E-state index is 0.0184. The van der Waals surface area contributed by atoms with Crippen LogP contribution in [-0.4, -0.2) is 44.7 Å². The average Bonchev–Trinajstić information content (AvgIpc) is 2.88. The normalized spacial score (nSPS) is 17.8. The van der Waals surface area contributed by atoms with Gasteiger partial charge in [-0.25, -0.2) is 4.79 Å². The average molecular weight is 611 g/mol. The van der Waals surface area contributed by atoms with Crippen LogP contribution in [0.15, 0.2) is 64.3 Å². The fourth-order valence-corrected chi connectivity index (χ4v) is 4.66. The molecule has 11 heteroatoms. The molecule has 2 unspecified atom stereocenters. The number of carbonyl (C=O) groups is 2. The third-order valence-electron chi connectivity index (χ3n) is 6.30. The van der Waals surface area contributed by atoms with Crippen molar-refractivity contribution in [1.82, 2.24) is 0 Å². The molecule has 1 N–H and O–H groups in total. The zero-order valence-electron chi connectivity index (χ0n) is 21.8. The zero-order valence-corrected chi connectivity index (χ0v) is 23.4. The number of hydrogen-bond donors (Lipinski definition) is 1. The molecule has 3 rings (SSSR count). The van der Waals surface area contributed by atoms with Crippen molar-refractivity contribution in [3.8, 4) is 0 Å². The Morgan fingerprint density at radius 1 is 1.05 bits per heavy atom. The Kier molecular flexibility index (Phi) is 10.3. The van der Waals surface area contributed by atoms with Gasteiger partial charge in [0, 0.05) is 28.9 Å². The van der Waals surface area contributed by atoms with E-state index in [1.54, 1.807) is 24.3 Å². The van der Waals surface area contributed by atoms with Crippen LogP contribution in [0.1, 0.15) is 43.7 Å². The zero-order chi connectivity index (χ0) is 28.7. The smallest absolute Gasteiger partial charge is 0.416 e. The molecule has 0 amide bonds. The Morgan fingerprint density at radius 2 is 1.74 bits per heavy atom. The standard InChI is InChI=1S/C28H30BrF3N2O5/c1-4-5-13-38-27(36)24-23(18-9-11-20(29)12-10-18)22(26(35)39-15-14-37-3)17(2)34(25(24)33)21-8-6-7-19(16-21)28(30,31)32/h6-12,16,23-24,33H,4-5,13-15H2,1-3H3. The van der Waals surface area contributed by atoms with E-state index in [0.29, 0.717) is 12.0 Å². The van der Waals surface area contributed by atoms with Gasteiger partial charge in [-0.05, 0) is 49.2 Å². The predicted octanol–water partition coefficient (Wildman–Crippen LogP) is 6.47. The number of unbranched alkanes of at least 4 members (excludes halogenated alkanes) is 1. The Bertz CT molecular complexity index is 1230. The summed E-state index contributed by atoms with van der Waals surface area (Å²) in [5.41, 5.74) is -0.189. The van der Waals surface area contributed by atoms with Crippen molar-refractivity contribution in [2.75, 3.05) is 31.8 Å². The lowest BCUT2D eigenvalue weighted by Gasteiger charge is -2.40. The van der Waals surface area contributed by atoms with Gasteiger partial charge >= 0.3 is 18.1 Å². The number of nitrogens with zero attached hydrogens (tertiary/aromatic N) is 1. The molecule has 2 atom stereocenters. The van der Waals surface area contributed by atoms with Crippen molar-refractivity contribution < 1.29 is 37.0 Å². The van der Waals surface area contributed by atoms with Crippen molar-refractivity contribution in [3.63, 3.8) is 0 Å². The highest BCUT2D eigenvalue weighted by Gasteiger charge is 2.47. The number of carbonyl (C=O) groups excluding carboxylic acids is 2. The topological polar surface area (TPSA) is 88.9 Å². The lowest BCUT2D eigenvalue weighted by atomic mass is 9.75. The molecule has 0 radical (unpaired) electrons. The van der Waals surface area contributed by atoms with E-state index < -0.39 is 35.5 Å². The highest BCUT2D eigenvalue weighted by Crippen LogP contribution is 2.44. The van der Waals surface area contributed by atoms with Gasteiger partial charge in [0.1, 0.15) is 18.4 Å². The third-order valence-corrected chi connectivity index (χ3v) is 6.83. The highest BCUT2D eigenvalue weighted by atomic mass is 79.9. The SMILES string of the molecule is CCCCOC(=O)C1C(=N)N(c2cccc(C(F)(F)F)c2)C(C)=C(C(=O)OCCOC)C1c1ccc(Br)cc1. The van der Waals surface area contributed by atoms with Crippen LogP contribution in [0.25, 0.3) is 0 Å². The van der Waals surface area contributed by atoms with Crippen LogP contribution >= 0.6 is 15.9 Å². The molecule has 1 aliphatic rings. The number of allylic oxidation sites excluding steroid dienone is 1. The second-order valence-electron chi connectivity index (χ2n) is 8.92. The molecule has 0 bridgehead atoms. The van der Waals surface area contributed by atoms with Gasteiger partial charge in [-0.1, -0.05) is 47.5 Å². The molecule has 0 spiro atoms. The van der Waals surface area contributed by atoms with Gasteiger partial charge in [-0.3, -0.25) is 10.2 Å². The van der Waals surface area contributed by atoms with E-state index in [1.807, 2.05) is 6.92 Å². The Labute approximate surface area is 233 Å². The van der Waals surface area contributed by atoms with Crippen molar-refractivity contribution >= 4 is 39.4 Å². The fraction of sp³-hybridized carbons (Fsp3) is 0.393. The predicted molar refractivity (Wildman–Crippen MR) is 143 cm³/mol. The van der Waals surface area contributed by atoms with Gasteiger partial charge in [0.05, 0.1) is 24.4 Å². The van der Waals surface area contributed by atoms with Gasteiger partial charge in [0.25, 0.3) is 0 Å². The number of anilines is 1. The monoisotopic (exact) mass is 610 g/mol. The van der Waals surface area contributed by atoms with E-state index in [0.717, 1.165) is 23.0 Å². The van der Waals surface area contributed by atoms with E-state index >= 15 is 0 Å². The molecule has 0 fully saturated rings. The summed E-state index contributed by atoms with van der Waals surface area (Å²) in [5.74, 6) is -4.14. The van der Waals surface area contributed by atoms with E-state index in [9.17, 15) is 22.8 Å². The molecule has 0 saturated carbocycles. The number of alkyl halides is 3. The molecule has 2 aromatic rings. The third kappa shape index (κ3) is 7.07. The lowest BCUT2D eigenvalue weighted by Crippen LogP contribution is -2.48. The number of halogens is 4. The maximum absolute atomic E-state index is 13.6. The van der Waals surface area contributed by atoms with E-state index in [1.165, 1.54) is 31.1 Å². The molecular weight excluding hydrogens is 581 g/mol. The summed E-state index contributed by atoms with van der Waals surface area (Å²) in [4.78, 5) is 28.2. The molecule has 2 aromatic carbocycles. The first-order valence-electron chi connectivity index (χ1n) is 12.4. The highest BCUT2D eigenvalue weighted by molar-refractivity contribution is 9.10. The summed E-state index contributed by atoms with van der Waals surface area (Å²) >= 11 is 3.38. The summed E-state index contributed by atoms with van der Waals surface area (Å²) in [6, 6.07) is 11.3. The van der Waals surface area contributed by atoms with Crippen LogP contribution in [0.2, 0.25) is 0 Å².